The Morgan fingerprint density at radius 3 is 1.21 bits per heavy atom. The van der Waals surface area contributed by atoms with Crippen LogP contribution in [0.3, 0.4) is 0 Å². The molecule has 0 heterocycles. The van der Waals surface area contributed by atoms with Crippen LogP contribution in [0.4, 0.5) is 5.69 Å². The highest BCUT2D eigenvalue weighted by Gasteiger charge is 2.16. The highest BCUT2D eigenvalue weighted by atomic mass is 14.5. The monoisotopic (exact) mass is 375 g/mol. The highest BCUT2D eigenvalue weighted by molar-refractivity contribution is 6.04. The first-order chi connectivity index (χ1) is 14.1. The Bertz CT molecular complexity index is 1070. The van der Waals surface area contributed by atoms with Gasteiger partial charge in [-0.25, -0.2) is 0 Å². The summed E-state index contributed by atoms with van der Waals surface area (Å²) in [6.07, 6.45) is 0. The summed E-state index contributed by atoms with van der Waals surface area (Å²) in [6.45, 7) is 4.24. The van der Waals surface area contributed by atoms with E-state index in [9.17, 15) is 0 Å². The second-order valence-electron chi connectivity index (χ2n) is 7.47. The number of hydrogen-bond donors (Lipinski definition) is 1. The van der Waals surface area contributed by atoms with Gasteiger partial charge < -0.3 is 5.73 Å². The third kappa shape index (κ3) is 4.14. The molecule has 0 aromatic heterocycles. The molecule has 4 aromatic carbocycles. The molecule has 0 unspecified atom stereocenters. The van der Waals surface area contributed by atoms with E-state index in [2.05, 4.69) is 105 Å². The van der Waals surface area contributed by atoms with Gasteiger partial charge in [0.2, 0.25) is 0 Å². The maximum Gasteiger partial charge on any atom is 0.0314 e. The number of nitrogens with two attached hydrogens (primary N) is 1. The van der Waals surface area contributed by atoms with Crippen LogP contribution >= 0.6 is 0 Å². The molecule has 0 bridgehead atoms. The van der Waals surface area contributed by atoms with E-state index in [0.29, 0.717) is 0 Å². The second-order valence-corrected chi connectivity index (χ2v) is 7.47. The van der Waals surface area contributed by atoms with Crippen LogP contribution in [0, 0.1) is 13.8 Å². The van der Waals surface area contributed by atoms with Crippen molar-refractivity contribution in [2.45, 2.75) is 13.8 Å². The van der Waals surface area contributed by atoms with Gasteiger partial charge in [0, 0.05) is 5.69 Å². The molecule has 0 aliphatic rings. The molecular formula is C28H25N. The van der Waals surface area contributed by atoms with Crippen LogP contribution in [0.25, 0.3) is 11.1 Å². The normalized spacial score (nSPS) is 10.6. The summed E-state index contributed by atoms with van der Waals surface area (Å²) >= 11 is 0. The molecule has 2 N–H and O–H groups in total. The molecule has 0 aliphatic heterocycles. The molecular weight excluding hydrogens is 350 g/mol. The Kier molecular flexibility index (Phi) is 5.31. The van der Waals surface area contributed by atoms with Crippen molar-refractivity contribution >= 4 is 16.8 Å². The summed E-state index contributed by atoms with van der Waals surface area (Å²) < 4.78 is 0. The van der Waals surface area contributed by atoms with Gasteiger partial charge in [-0.2, -0.15) is 0 Å². The van der Waals surface area contributed by atoms with Gasteiger partial charge in [0.05, 0.1) is 0 Å². The fourth-order valence-electron chi connectivity index (χ4n) is 3.61. The van der Waals surface area contributed by atoms with Gasteiger partial charge in [0.15, 0.2) is 0 Å². The number of aryl methyl sites for hydroxylation is 2. The van der Waals surface area contributed by atoms with Gasteiger partial charge in [0.1, 0.15) is 0 Å². The van der Waals surface area contributed by atoms with Gasteiger partial charge in [-0.15, -0.1) is 0 Å². The fraction of sp³-hybridized carbons (Fsp3) is 0.0714. The molecule has 0 saturated carbocycles. The zero-order valence-electron chi connectivity index (χ0n) is 16.9. The molecule has 4 rings (SSSR count). The van der Waals surface area contributed by atoms with E-state index in [-0.39, 0.29) is 0 Å². The van der Waals surface area contributed by atoms with Crippen molar-refractivity contribution in [2.75, 3.05) is 5.73 Å². The van der Waals surface area contributed by atoms with Crippen LogP contribution in [0.1, 0.15) is 33.4 Å². The zero-order valence-corrected chi connectivity index (χ0v) is 16.9. The largest absolute Gasteiger partial charge is 0.399 e. The van der Waals surface area contributed by atoms with Crippen LogP contribution in [-0.4, -0.2) is 0 Å². The SMILES string of the molecule is Cc1ccc(C(=C(c2ccccc2)c2ccc(N)cc2)c2ccc(C)cc2)cc1. The molecule has 29 heavy (non-hydrogen) atoms. The molecule has 0 atom stereocenters. The van der Waals surface area contributed by atoms with Crippen molar-refractivity contribution in [1.82, 2.24) is 0 Å². The van der Waals surface area contributed by atoms with Crippen molar-refractivity contribution in [3.8, 4) is 0 Å². The summed E-state index contributed by atoms with van der Waals surface area (Å²) in [7, 11) is 0. The first-order valence-corrected chi connectivity index (χ1v) is 9.91. The van der Waals surface area contributed by atoms with Crippen LogP contribution in [0.5, 0.6) is 0 Å². The summed E-state index contributed by atoms with van der Waals surface area (Å²) in [5, 5.41) is 0. The zero-order chi connectivity index (χ0) is 20.2. The number of benzene rings is 4. The van der Waals surface area contributed by atoms with E-state index in [1.54, 1.807) is 0 Å². The Hall–Kier alpha value is -3.58. The minimum atomic E-state index is 0.772. The summed E-state index contributed by atoms with van der Waals surface area (Å²) in [5.41, 5.74) is 16.4. The number of anilines is 1. The van der Waals surface area contributed by atoms with Crippen LogP contribution in [0.2, 0.25) is 0 Å². The number of rotatable bonds is 4. The van der Waals surface area contributed by atoms with Crippen LogP contribution < -0.4 is 5.73 Å². The lowest BCUT2D eigenvalue weighted by molar-refractivity contribution is 1.42. The summed E-state index contributed by atoms with van der Waals surface area (Å²) in [4.78, 5) is 0. The van der Waals surface area contributed by atoms with Crippen LogP contribution in [-0.2, 0) is 0 Å². The van der Waals surface area contributed by atoms with Gasteiger partial charge in [0.25, 0.3) is 0 Å². The van der Waals surface area contributed by atoms with Gasteiger partial charge in [-0.3, -0.25) is 0 Å². The lowest BCUT2D eigenvalue weighted by Gasteiger charge is -2.18. The summed E-state index contributed by atoms with van der Waals surface area (Å²) in [5.74, 6) is 0. The minimum Gasteiger partial charge on any atom is -0.399 e. The first kappa shape index (κ1) is 18.8. The quantitative estimate of drug-likeness (QED) is 0.305. The molecule has 0 saturated heterocycles. The molecule has 0 amide bonds. The fourth-order valence-corrected chi connectivity index (χ4v) is 3.61. The molecule has 142 valence electrons. The third-order valence-electron chi connectivity index (χ3n) is 5.19. The summed E-state index contributed by atoms with van der Waals surface area (Å²) in [6, 6.07) is 36.3. The highest BCUT2D eigenvalue weighted by Crippen LogP contribution is 2.37. The van der Waals surface area contributed by atoms with Crippen molar-refractivity contribution in [2.24, 2.45) is 0 Å². The Morgan fingerprint density at radius 2 is 0.793 bits per heavy atom. The van der Waals surface area contributed by atoms with E-state index in [1.165, 1.54) is 39.0 Å². The molecule has 0 fully saturated rings. The van der Waals surface area contributed by atoms with Crippen molar-refractivity contribution < 1.29 is 0 Å². The first-order valence-electron chi connectivity index (χ1n) is 9.91. The third-order valence-corrected chi connectivity index (χ3v) is 5.19. The average Bonchev–Trinajstić information content (AvgIpc) is 2.75. The lowest BCUT2D eigenvalue weighted by Crippen LogP contribution is -1.98. The predicted molar refractivity (Wildman–Crippen MR) is 125 cm³/mol. The molecule has 1 heteroatoms. The molecule has 1 nitrogen and oxygen atoms in total. The Labute approximate surface area is 173 Å². The van der Waals surface area contributed by atoms with Gasteiger partial charge in [-0.1, -0.05) is 102 Å². The number of hydrogen-bond acceptors (Lipinski definition) is 1. The van der Waals surface area contributed by atoms with Crippen LogP contribution in [0.15, 0.2) is 103 Å². The molecule has 4 aromatic rings. The van der Waals surface area contributed by atoms with Crippen molar-refractivity contribution in [3.05, 3.63) is 137 Å². The molecule has 0 radical (unpaired) electrons. The smallest absolute Gasteiger partial charge is 0.0314 e. The van der Waals surface area contributed by atoms with Crippen molar-refractivity contribution in [1.29, 1.82) is 0 Å². The second kappa shape index (κ2) is 8.20. The standard InChI is InChI=1S/C28H25N/c1-20-8-12-23(13-9-20)28(24-14-10-21(2)11-15-24)27(22-6-4-3-5-7-22)25-16-18-26(29)19-17-25/h3-19H,29H2,1-2H3. The minimum absolute atomic E-state index is 0.772. The van der Waals surface area contributed by atoms with Gasteiger partial charge in [-0.05, 0) is 59.4 Å². The topological polar surface area (TPSA) is 26.0 Å². The predicted octanol–water partition coefficient (Wildman–Crippen LogP) is 6.89. The van der Waals surface area contributed by atoms with E-state index in [4.69, 9.17) is 5.73 Å². The maximum atomic E-state index is 5.98. The number of nitrogen functional groups attached to an aromatic ring is 1. The van der Waals surface area contributed by atoms with E-state index >= 15 is 0 Å². The maximum absolute atomic E-state index is 5.98. The van der Waals surface area contributed by atoms with E-state index in [1.807, 2.05) is 12.1 Å². The Balaban J connectivity index is 2.08. The van der Waals surface area contributed by atoms with E-state index < -0.39 is 0 Å². The lowest BCUT2D eigenvalue weighted by atomic mass is 9.85. The van der Waals surface area contributed by atoms with Crippen molar-refractivity contribution in [3.63, 3.8) is 0 Å². The molecule has 0 aliphatic carbocycles. The Morgan fingerprint density at radius 1 is 0.448 bits per heavy atom. The van der Waals surface area contributed by atoms with Gasteiger partial charge >= 0.3 is 0 Å². The average molecular weight is 376 g/mol. The van der Waals surface area contributed by atoms with E-state index in [0.717, 1.165) is 11.3 Å². The molecule has 0 spiro atoms.